The van der Waals surface area contributed by atoms with Gasteiger partial charge in [0, 0.05) is 44.1 Å². The lowest BCUT2D eigenvalue weighted by molar-refractivity contribution is -0.00773. The van der Waals surface area contributed by atoms with Crippen LogP contribution in [0, 0.1) is 0 Å². The lowest BCUT2D eigenvalue weighted by atomic mass is 9.88. The number of hydrogen-bond donors (Lipinski definition) is 1. The molecule has 2 aliphatic rings. The molecule has 1 unspecified atom stereocenters. The molecule has 2 heterocycles. The van der Waals surface area contributed by atoms with Gasteiger partial charge in [0.05, 0.1) is 13.2 Å². The SMILES string of the molecule is COc1ccc2c(c1)OC1(CCN(Cc3ccccc3)C1)C[C@H]2O. The summed E-state index contributed by atoms with van der Waals surface area (Å²) >= 11 is 0. The van der Waals surface area contributed by atoms with Gasteiger partial charge in [0.1, 0.15) is 17.1 Å². The molecule has 0 amide bonds. The molecule has 126 valence electrons. The van der Waals surface area contributed by atoms with Gasteiger partial charge in [-0.05, 0) is 17.7 Å². The monoisotopic (exact) mass is 325 g/mol. The highest BCUT2D eigenvalue weighted by Gasteiger charge is 2.45. The Bertz CT molecular complexity index is 718. The molecular formula is C20H23NO3. The molecule has 24 heavy (non-hydrogen) atoms. The van der Waals surface area contributed by atoms with Crippen LogP contribution in [0.4, 0.5) is 0 Å². The Morgan fingerprint density at radius 1 is 1.25 bits per heavy atom. The van der Waals surface area contributed by atoms with Gasteiger partial charge in [-0.15, -0.1) is 0 Å². The molecular weight excluding hydrogens is 302 g/mol. The Balaban J connectivity index is 1.52. The average Bonchev–Trinajstić information content (AvgIpc) is 2.96. The first-order valence-electron chi connectivity index (χ1n) is 8.49. The first-order chi connectivity index (χ1) is 11.7. The number of aliphatic hydroxyl groups excluding tert-OH is 1. The second kappa shape index (κ2) is 6.11. The highest BCUT2D eigenvalue weighted by Crippen LogP contribution is 2.45. The quantitative estimate of drug-likeness (QED) is 0.941. The third-order valence-electron chi connectivity index (χ3n) is 5.12. The molecule has 2 atom stereocenters. The van der Waals surface area contributed by atoms with Crippen molar-refractivity contribution in [3.05, 3.63) is 59.7 Å². The van der Waals surface area contributed by atoms with Gasteiger partial charge in [0.2, 0.25) is 0 Å². The first kappa shape index (κ1) is 15.5. The topological polar surface area (TPSA) is 41.9 Å². The zero-order valence-corrected chi connectivity index (χ0v) is 13.9. The zero-order chi connectivity index (χ0) is 16.6. The van der Waals surface area contributed by atoms with Crippen molar-refractivity contribution in [1.82, 2.24) is 4.90 Å². The summed E-state index contributed by atoms with van der Waals surface area (Å²) in [6.07, 6.45) is 1.11. The predicted molar refractivity (Wildman–Crippen MR) is 92.3 cm³/mol. The summed E-state index contributed by atoms with van der Waals surface area (Å²) in [5.41, 5.74) is 1.88. The molecule has 4 heteroatoms. The molecule has 0 aliphatic carbocycles. The largest absolute Gasteiger partial charge is 0.497 e. The fourth-order valence-electron chi connectivity index (χ4n) is 3.90. The summed E-state index contributed by atoms with van der Waals surface area (Å²) in [4.78, 5) is 2.41. The minimum absolute atomic E-state index is 0.298. The van der Waals surface area contributed by atoms with Crippen molar-refractivity contribution in [3.8, 4) is 11.5 Å². The predicted octanol–water partition coefficient (Wildman–Crippen LogP) is 3.16. The molecule has 4 nitrogen and oxygen atoms in total. The number of ether oxygens (including phenoxy) is 2. The number of rotatable bonds is 3. The summed E-state index contributed by atoms with van der Waals surface area (Å²) in [6.45, 7) is 2.75. The molecule has 2 aromatic rings. The Labute approximate surface area is 142 Å². The molecule has 1 N–H and O–H groups in total. The highest BCUT2D eigenvalue weighted by molar-refractivity contribution is 5.44. The van der Waals surface area contributed by atoms with Crippen molar-refractivity contribution >= 4 is 0 Å². The fourth-order valence-corrected chi connectivity index (χ4v) is 3.90. The van der Waals surface area contributed by atoms with Crippen molar-refractivity contribution in [2.45, 2.75) is 31.1 Å². The molecule has 1 spiro atoms. The van der Waals surface area contributed by atoms with Gasteiger partial charge in [-0.3, -0.25) is 4.90 Å². The van der Waals surface area contributed by atoms with E-state index >= 15 is 0 Å². The van der Waals surface area contributed by atoms with Gasteiger partial charge in [0.15, 0.2) is 0 Å². The second-order valence-corrected chi connectivity index (χ2v) is 6.86. The van der Waals surface area contributed by atoms with Gasteiger partial charge in [-0.1, -0.05) is 30.3 Å². The minimum atomic E-state index is -0.476. The van der Waals surface area contributed by atoms with Crippen molar-refractivity contribution in [2.75, 3.05) is 20.2 Å². The van der Waals surface area contributed by atoms with E-state index in [-0.39, 0.29) is 5.60 Å². The van der Waals surface area contributed by atoms with Crippen LogP contribution < -0.4 is 9.47 Å². The van der Waals surface area contributed by atoms with E-state index in [4.69, 9.17) is 9.47 Å². The lowest BCUT2D eigenvalue weighted by Gasteiger charge is -2.38. The molecule has 0 aromatic heterocycles. The number of benzene rings is 2. The Kier molecular flexibility index (Phi) is 3.94. The number of nitrogens with zero attached hydrogens (tertiary/aromatic N) is 1. The highest BCUT2D eigenvalue weighted by atomic mass is 16.5. The molecule has 0 radical (unpaired) electrons. The molecule has 0 saturated carbocycles. The molecule has 4 rings (SSSR count). The van der Waals surface area contributed by atoms with Crippen LogP contribution in [0.25, 0.3) is 0 Å². The van der Waals surface area contributed by atoms with E-state index in [9.17, 15) is 5.11 Å². The normalized spacial score (nSPS) is 26.2. The van der Waals surface area contributed by atoms with Crippen molar-refractivity contribution in [2.24, 2.45) is 0 Å². The van der Waals surface area contributed by atoms with Gasteiger partial charge >= 0.3 is 0 Å². The maximum atomic E-state index is 10.6. The summed E-state index contributed by atoms with van der Waals surface area (Å²) in [5.74, 6) is 1.52. The van der Waals surface area contributed by atoms with E-state index in [1.165, 1.54) is 5.56 Å². The number of fused-ring (bicyclic) bond motifs is 1. The molecule has 2 aliphatic heterocycles. The minimum Gasteiger partial charge on any atom is -0.497 e. The summed E-state index contributed by atoms with van der Waals surface area (Å²) < 4.78 is 11.7. The first-order valence-corrected chi connectivity index (χ1v) is 8.49. The van der Waals surface area contributed by atoms with Crippen molar-refractivity contribution < 1.29 is 14.6 Å². The molecule has 2 aromatic carbocycles. The van der Waals surface area contributed by atoms with Crippen LogP contribution in [0.15, 0.2) is 48.5 Å². The van der Waals surface area contributed by atoms with Gasteiger partial charge in [-0.2, -0.15) is 0 Å². The van der Waals surface area contributed by atoms with Crippen LogP contribution in [-0.2, 0) is 6.54 Å². The van der Waals surface area contributed by atoms with E-state index < -0.39 is 6.10 Å². The maximum Gasteiger partial charge on any atom is 0.129 e. The zero-order valence-electron chi connectivity index (χ0n) is 13.9. The smallest absolute Gasteiger partial charge is 0.129 e. The average molecular weight is 325 g/mol. The molecule has 1 saturated heterocycles. The number of aliphatic hydroxyl groups is 1. The Morgan fingerprint density at radius 2 is 2.08 bits per heavy atom. The number of likely N-dealkylation sites (tertiary alicyclic amines) is 1. The van der Waals surface area contributed by atoms with Crippen LogP contribution in [0.1, 0.15) is 30.1 Å². The maximum absolute atomic E-state index is 10.6. The fraction of sp³-hybridized carbons (Fsp3) is 0.400. The third kappa shape index (κ3) is 2.87. The summed E-state index contributed by atoms with van der Waals surface area (Å²) in [7, 11) is 1.65. The number of methoxy groups -OCH3 is 1. The van der Waals surface area contributed by atoms with E-state index in [2.05, 4.69) is 29.2 Å². The molecule has 0 bridgehead atoms. The van der Waals surface area contributed by atoms with E-state index in [1.807, 2.05) is 24.3 Å². The Hall–Kier alpha value is -2.04. The lowest BCUT2D eigenvalue weighted by Crippen LogP contribution is -2.43. The van der Waals surface area contributed by atoms with Gasteiger partial charge < -0.3 is 14.6 Å². The van der Waals surface area contributed by atoms with Crippen LogP contribution in [-0.4, -0.2) is 35.8 Å². The van der Waals surface area contributed by atoms with Crippen LogP contribution in [0.5, 0.6) is 11.5 Å². The summed E-state index contributed by atoms with van der Waals surface area (Å²) in [6, 6.07) is 16.2. The van der Waals surface area contributed by atoms with Crippen LogP contribution >= 0.6 is 0 Å². The van der Waals surface area contributed by atoms with Crippen molar-refractivity contribution in [3.63, 3.8) is 0 Å². The standard InChI is InChI=1S/C20H23NO3/c1-23-16-7-8-17-18(22)12-20(24-19(17)11-16)9-10-21(14-20)13-15-5-3-2-4-6-15/h2-8,11,18,22H,9-10,12-14H2,1H3/t18-,20?/m1/s1. The Morgan fingerprint density at radius 3 is 2.88 bits per heavy atom. The van der Waals surface area contributed by atoms with Crippen LogP contribution in [0.2, 0.25) is 0 Å². The van der Waals surface area contributed by atoms with Gasteiger partial charge in [0.25, 0.3) is 0 Å². The van der Waals surface area contributed by atoms with Gasteiger partial charge in [-0.25, -0.2) is 0 Å². The van der Waals surface area contributed by atoms with E-state index in [1.54, 1.807) is 7.11 Å². The van der Waals surface area contributed by atoms with E-state index in [0.717, 1.165) is 43.1 Å². The van der Waals surface area contributed by atoms with Crippen LogP contribution in [0.3, 0.4) is 0 Å². The molecule has 1 fully saturated rings. The van der Waals surface area contributed by atoms with Crippen molar-refractivity contribution in [1.29, 1.82) is 0 Å². The van der Waals surface area contributed by atoms with E-state index in [0.29, 0.717) is 6.42 Å². The summed E-state index contributed by atoms with van der Waals surface area (Å²) in [5, 5.41) is 10.6. The number of hydrogen-bond acceptors (Lipinski definition) is 4. The second-order valence-electron chi connectivity index (χ2n) is 6.86. The third-order valence-corrected chi connectivity index (χ3v) is 5.12.